The Bertz CT molecular complexity index is 747. The van der Waals surface area contributed by atoms with Gasteiger partial charge in [-0.25, -0.2) is 13.2 Å². The first-order valence-electron chi connectivity index (χ1n) is 9.06. The van der Waals surface area contributed by atoms with Crippen LogP contribution in [-0.4, -0.2) is 48.8 Å². The lowest BCUT2D eigenvalue weighted by Crippen LogP contribution is -2.41. The number of hydrogen-bond acceptors (Lipinski definition) is 4. The normalized spacial score (nSPS) is 13.4. The molecule has 152 valence electrons. The molecule has 0 saturated heterocycles. The molecule has 1 aromatic rings. The van der Waals surface area contributed by atoms with Crippen LogP contribution in [0.5, 0.6) is 0 Å². The molecule has 0 aliphatic heterocycles. The molecule has 0 fully saturated rings. The van der Waals surface area contributed by atoms with E-state index in [1.165, 1.54) is 28.6 Å². The second-order valence-corrected chi connectivity index (χ2v) is 9.52. The summed E-state index contributed by atoms with van der Waals surface area (Å²) < 4.78 is 26.3. The van der Waals surface area contributed by atoms with Gasteiger partial charge >= 0.3 is 5.97 Å². The molecule has 0 saturated carbocycles. The lowest BCUT2D eigenvalue weighted by Gasteiger charge is -2.21. The summed E-state index contributed by atoms with van der Waals surface area (Å²) in [5.41, 5.74) is 0.175. The second-order valence-electron chi connectivity index (χ2n) is 7.58. The Morgan fingerprint density at radius 3 is 2.04 bits per heavy atom. The van der Waals surface area contributed by atoms with Gasteiger partial charge in [0.05, 0.1) is 4.90 Å². The Kier molecular flexibility index (Phi) is 7.98. The molecular formula is C19H30N2O5S. The van der Waals surface area contributed by atoms with Crippen LogP contribution in [0.2, 0.25) is 0 Å². The van der Waals surface area contributed by atoms with E-state index in [4.69, 9.17) is 0 Å². The van der Waals surface area contributed by atoms with Gasteiger partial charge in [-0.3, -0.25) is 4.79 Å². The first-order valence-corrected chi connectivity index (χ1v) is 10.5. The van der Waals surface area contributed by atoms with E-state index in [-0.39, 0.29) is 15.9 Å². The van der Waals surface area contributed by atoms with E-state index in [1.54, 1.807) is 13.8 Å². The highest BCUT2D eigenvalue weighted by Gasteiger charge is 2.24. The van der Waals surface area contributed by atoms with Gasteiger partial charge in [-0.15, -0.1) is 0 Å². The quantitative estimate of drug-likeness (QED) is 0.666. The van der Waals surface area contributed by atoms with Gasteiger partial charge in [0.1, 0.15) is 6.04 Å². The largest absolute Gasteiger partial charge is 0.480 e. The summed E-state index contributed by atoms with van der Waals surface area (Å²) in [4.78, 5) is 23.9. The Morgan fingerprint density at radius 1 is 1.11 bits per heavy atom. The van der Waals surface area contributed by atoms with Crippen molar-refractivity contribution in [2.75, 3.05) is 13.1 Å². The van der Waals surface area contributed by atoms with Crippen molar-refractivity contribution in [1.82, 2.24) is 9.62 Å². The SMILES string of the molecule is CCN(CC)S(=O)(=O)c1ccc(C(=O)NC(CCC(C)(C)C)C(=O)O)cc1. The molecule has 0 aliphatic rings. The van der Waals surface area contributed by atoms with Gasteiger partial charge in [-0.2, -0.15) is 4.31 Å². The van der Waals surface area contributed by atoms with Crippen molar-refractivity contribution in [2.24, 2.45) is 5.41 Å². The van der Waals surface area contributed by atoms with Gasteiger partial charge in [0.25, 0.3) is 5.91 Å². The average Bonchev–Trinajstić information content (AvgIpc) is 2.58. The number of rotatable bonds is 9. The van der Waals surface area contributed by atoms with Crippen LogP contribution >= 0.6 is 0 Å². The third kappa shape index (κ3) is 6.62. The van der Waals surface area contributed by atoms with Gasteiger partial charge in [-0.1, -0.05) is 34.6 Å². The van der Waals surface area contributed by atoms with Crippen molar-refractivity contribution in [3.8, 4) is 0 Å². The van der Waals surface area contributed by atoms with E-state index in [0.717, 1.165) is 0 Å². The Morgan fingerprint density at radius 2 is 1.63 bits per heavy atom. The molecule has 1 rings (SSSR count). The summed E-state index contributed by atoms with van der Waals surface area (Å²) in [6.45, 7) is 10.2. The van der Waals surface area contributed by atoms with E-state index in [2.05, 4.69) is 5.32 Å². The Hall–Kier alpha value is -1.93. The van der Waals surface area contributed by atoms with Crippen molar-refractivity contribution in [1.29, 1.82) is 0 Å². The molecule has 0 aromatic heterocycles. The fourth-order valence-corrected chi connectivity index (χ4v) is 4.03. The third-order valence-corrected chi connectivity index (χ3v) is 6.31. The molecular weight excluding hydrogens is 368 g/mol. The van der Waals surface area contributed by atoms with E-state index in [0.29, 0.717) is 25.9 Å². The molecule has 7 nitrogen and oxygen atoms in total. The number of hydrogen-bond donors (Lipinski definition) is 2. The average molecular weight is 399 g/mol. The lowest BCUT2D eigenvalue weighted by molar-refractivity contribution is -0.139. The van der Waals surface area contributed by atoms with Gasteiger partial charge in [0.15, 0.2) is 0 Å². The summed E-state index contributed by atoms with van der Waals surface area (Å²) in [6.07, 6.45) is 0.963. The van der Waals surface area contributed by atoms with Crippen molar-refractivity contribution >= 4 is 21.9 Å². The van der Waals surface area contributed by atoms with Crippen LogP contribution < -0.4 is 5.32 Å². The van der Waals surface area contributed by atoms with Crippen molar-refractivity contribution in [3.05, 3.63) is 29.8 Å². The molecule has 0 bridgehead atoms. The summed E-state index contributed by atoms with van der Waals surface area (Å²) in [5.74, 6) is -1.63. The van der Waals surface area contributed by atoms with Crippen molar-refractivity contribution in [2.45, 2.75) is 58.4 Å². The minimum atomic E-state index is -3.60. The molecule has 8 heteroatoms. The van der Waals surface area contributed by atoms with Crippen molar-refractivity contribution < 1.29 is 23.1 Å². The lowest BCUT2D eigenvalue weighted by atomic mass is 9.88. The standard InChI is InChI=1S/C19H30N2O5S/c1-6-21(7-2)27(25,26)15-10-8-14(9-11-15)17(22)20-16(18(23)24)12-13-19(3,4)5/h8-11,16H,6-7,12-13H2,1-5H3,(H,20,22)(H,23,24). The number of carbonyl (C=O) groups excluding carboxylic acids is 1. The number of amides is 1. The fourth-order valence-electron chi connectivity index (χ4n) is 2.57. The van der Waals surface area contributed by atoms with Crippen molar-refractivity contribution in [3.63, 3.8) is 0 Å². The molecule has 1 amide bonds. The van der Waals surface area contributed by atoms with Crippen LogP contribution in [0, 0.1) is 5.41 Å². The minimum absolute atomic E-state index is 0.0428. The monoisotopic (exact) mass is 398 g/mol. The number of aliphatic carboxylic acids is 1. The molecule has 1 atom stereocenters. The number of benzene rings is 1. The number of sulfonamides is 1. The number of carboxylic acids is 1. The van der Waals surface area contributed by atoms with E-state index < -0.39 is 27.9 Å². The first-order chi connectivity index (χ1) is 12.4. The molecule has 0 aliphatic carbocycles. The Labute approximate surface area is 161 Å². The third-order valence-electron chi connectivity index (χ3n) is 4.25. The number of nitrogens with zero attached hydrogens (tertiary/aromatic N) is 1. The Balaban J connectivity index is 2.91. The maximum atomic E-state index is 12.5. The van der Waals surface area contributed by atoms with Crippen LogP contribution in [0.1, 0.15) is 57.8 Å². The van der Waals surface area contributed by atoms with Gasteiger partial charge in [-0.05, 0) is 42.5 Å². The number of carbonyl (C=O) groups is 2. The van der Waals surface area contributed by atoms with E-state index >= 15 is 0 Å². The predicted octanol–water partition coefficient (Wildman–Crippen LogP) is 2.73. The summed E-state index contributed by atoms with van der Waals surface area (Å²) in [7, 11) is -3.60. The zero-order chi connectivity index (χ0) is 20.8. The summed E-state index contributed by atoms with van der Waals surface area (Å²) in [6, 6.07) is 4.54. The molecule has 2 N–H and O–H groups in total. The zero-order valence-corrected chi connectivity index (χ0v) is 17.5. The molecule has 1 aromatic carbocycles. The van der Waals surface area contributed by atoms with Gasteiger partial charge in [0.2, 0.25) is 10.0 Å². The van der Waals surface area contributed by atoms with E-state index in [1.807, 2.05) is 20.8 Å². The van der Waals surface area contributed by atoms with Crippen LogP contribution in [0.3, 0.4) is 0 Å². The highest BCUT2D eigenvalue weighted by atomic mass is 32.2. The van der Waals surface area contributed by atoms with Crippen LogP contribution in [-0.2, 0) is 14.8 Å². The smallest absolute Gasteiger partial charge is 0.326 e. The van der Waals surface area contributed by atoms with Crippen LogP contribution in [0.4, 0.5) is 0 Å². The predicted molar refractivity (Wildman–Crippen MR) is 104 cm³/mol. The van der Waals surface area contributed by atoms with Gasteiger partial charge in [0, 0.05) is 18.7 Å². The molecule has 0 radical (unpaired) electrons. The maximum absolute atomic E-state index is 12.5. The minimum Gasteiger partial charge on any atom is -0.480 e. The topological polar surface area (TPSA) is 104 Å². The number of nitrogens with one attached hydrogen (secondary N) is 1. The maximum Gasteiger partial charge on any atom is 0.326 e. The fraction of sp³-hybridized carbons (Fsp3) is 0.579. The first kappa shape index (κ1) is 23.1. The van der Waals surface area contributed by atoms with Crippen LogP contribution in [0.25, 0.3) is 0 Å². The summed E-state index contributed by atoms with van der Waals surface area (Å²) >= 11 is 0. The molecule has 0 heterocycles. The molecule has 0 spiro atoms. The highest BCUT2D eigenvalue weighted by Crippen LogP contribution is 2.22. The van der Waals surface area contributed by atoms with Gasteiger partial charge < -0.3 is 10.4 Å². The summed E-state index contributed by atoms with van der Waals surface area (Å²) in [5, 5.41) is 11.8. The number of carboxylic acid groups (broad SMARTS) is 1. The second kappa shape index (κ2) is 9.32. The van der Waals surface area contributed by atoms with Crippen LogP contribution in [0.15, 0.2) is 29.2 Å². The molecule has 27 heavy (non-hydrogen) atoms. The molecule has 1 unspecified atom stereocenters. The van der Waals surface area contributed by atoms with E-state index in [9.17, 15) is 23.1 Å². The zero-order valence-electron chi connectivity index (χ0n) is 16.7. The highest BCUT2D eigenvalue weighted by molar-refractivity contribution is 7.89.